The van der Waals surface area contributed by atoms with Crippen molar-refractivity contribution in [1.29, 1.82) is 0 Å². The second-order valence-corrected chi connectivity index (χ2v) is 8.14. The van der Waals surface area contributed by atoms with Crippen molar-refractivity contribution in [2.75, 3.05) is 6.54 Å². The van der Waals surface area contributed by atoms with Crippen LogP contribution in [0.3, 0.4) is 0 Å². The lowest BCUT2D eigenvalue weighted by molar-refractivity contribution is -0.139. The fourth-order valence-corrected chi connectivity index (χ4v) is 4.14. The Kier molecular flexibility index (Phi) is 5.82. The van der Waals surface area contributed by atoms with E-state index in [-0.39, 0.29) is 17.1 Å². The third-order valence-corrected chi connectivity index (χ3v) is 5.88. The zero-order valence-electron chi connectivity index (χ0n) is 18.1. The van der Waals surface area contributed by atoms with Gasteiger partial charge < -0.3 is 15.1 Å². The summed E-state index contributed by atoms with van der Waals surface area (Å²) in [6, 6.07) is 21.0. The summed E-state index contributed by atoms with van der Waals surface area (Å²) in [7, 11) is 0. The molecule has 4 rings (SSSR count). The molecule has 3 aromatic rings. The molecule has 1 atom stereocenters. The first-order valence-corrected chi connectivity index (χ1v) is 10.6. The van der Waals surface area contributed by atoms with Gasteiger partial charge in [-0.3, -0.25) is 9.59 Å². The standard InChI is InChI=1S/C27H25NO4/c1-17-8-9-18(2)22(16-17)25(30)23-24(20-10-12-21(29)13-11-20)28(27(32)26(23)31)15-14-19-6-4-3-5-7-19/h3-13,16,24,29-30H,14-15H2,1-2H3/t24-/m0/s1. The lowest BCUT2D eigenvalue weighted by Gasteiger charge is -2.25. The summed E-state index contributed by atoms with van der Waals surface area (Å²) < 4.78 is 0. The van der Waals surface area contributed by atoms with Crippen LogP contribution in [0.4, 0.5) is 0 Å². The number of carbonyl (C=O) groups excluding carboxylic acids is 2. The summed E-state index contributed by atoms with van der Waals surface area (Å²) >= 11 is 0. The molecule has 1 aliphatic heterocycles. The van der Waals surface area contributed by atoms with E-state index in [0.29, 0.717) is 24.1 Å². The Morgan fingerprint density at radius 1 is 0.938 bits per heavy atom. The Hall–Kier alpha value is -3.86. The largest absolute Gasteiger partial charge is 0.508 e. The highest BCUT2D eigenvalue weighted by atomic mass is 16.3. The summed E-state index contributed by atoms with van der Waals surface area (Å²) in [5.74, 6) is -1.42. The molecule has 0 unspecified atom stereocenters. The first-order valence-electron chi connectivity index (χ1n) is 10.6. The third kappa shape index (κ3) is 4.02. The number of aryl methyl sites for hydroxylation is 2. The second kappa shape index (κ2) is 8.71. The maximum atomic E-state index is 13.1. The SMILES string of the molecule is Cc1ccc(C)c(C(O)=C2C(=O)C(=O)N(CCc3ccccc3)[C@H]2c2ccc(O)cc2)c1. The predicted molar refractivity (Wildman–Crippen MR) is 123 cm³/mol. The lowest BCUT2D eigenvalue weighted by Crippen LogP contribution is -2.31. The van der Waals surface area contributed by atoms with Gasteiger partial charge in [0.15, 0.2) is 0 Å². The number of benzene rings is 3. The molecule has 0 spiro atoms. The number of phenolic OH excluding ortho intramolecular Hbond substituents is 1. The summed E-state index contributed by atoms with van der Waals surface area (Å²) in [6.45, 7) is 4.09. The number of ketones is 1. The van der Waals surface area contributed by atoms with Gasteiger partial charge in [-0.05, 0) is 55.2 Å². The fourth-order valence-electron chi connectivity index (χ4n) is 4.14. The highest BCUT2D eigenvalue weighted by molar-refractivity contribution is 6.46. The van der Waals surface area contributed by atoms with E-state index in [2.05, 4.69) is 0 Å². The van der Waals surface area contributed by atoms with Crippen LogP contribution in [-0.4, -0.2) is 33.3 Å². The maximum absolute atomic E-state index is 13.1. The molecule has 1 aliphatic rings. The van der Waals surface area contributed by atoms with Crippen molar-refractivity contribution in [3.05, 3.63) is 106 Å². The van der Waals surface area contributed by atoms with Crippen LogP contribution in [0.5, 0.6) is 5.75 Å². The number of aliphatic hydroxyl groups excluding tert-OH is 1. The first-order chi connectivity index (χ1) is 15.4. The van der Waals surface area contributed by atoms with Gasteiger partial charge in [0.1, 0.15) is 11.5 Å². The normalized spacial score (nSPS) is 17.7. The van der Waals surface area contributed by atoms with Crippen LogP contribution in [0.2, 0.25) is 0 Å². The highest BCUT2D eigenvalue weighted by Gasteiger charge is 2.45. The van der Waals surface area contributed by atoms with Crippen molar-refractivity contribution in [2.45, 2.75) is 26.3 Å². The lowest BCUT2D eigenvalue weighted by atomic mass is 9.93. The molecule has 162 valence electrons. The van der Waals surface area contributed by atoms with Crippen molar-refractivity contribution >= 4 is 17.4 Å². The van der Waals surface area contributed by atoms with Gasteiger partial charge in [0.2, 0.25) is 0 Å². The van der Waals surface area contributed by atoms with Crippen molar-refractivity contribution < 1.29 is 19.8 Å². The zero-order chi connectivity index (χ0) is 22.8. The molecular weight excluding hydrogens is 402 g/mol. The van der Waals surface area contributed by atoms with Gasteiger partial charge in [-0.15, -0.1) is 0 Å². The number of carbonyl (C=O) groups is 2. The van der Waals surface area contributed by atoms with Crippen LogP contribution in [0.15, 0.2) is 78.4 Å². The molecule has 1 fully saturated rings. The Morgan fingerprint density at radius 2 is 1.62 bits per heavy atom. The van der Waals surface area contributed by atoms with Crippen LogP contribution in [0.1, 0.15) is 33.9 Å². The van der Waals surface area contributed by atoms with Gasteiger partial charge in [-0.2, -0.15) is 0 Å². The van der Waals surface area contributed by atoms with Crippen LogP contribution in [-0.2, 0) is 16.0 Å². The molecule has 5 nitrogen and oxygen atoms in total. The van der Waals surface area contributed by atoms with E-state index in [1.807, 2.05) is 62.4 Å². The minimum atomic E-state index is -0.737. The molecular formula is C27H25NO4. The smallest absolute Gasteiger partial charge is 0.295 e. The average Bonchev–Trinajstić information content (AvgIpc) is 3.05. The molecule has 0 bridgehead atoms. The van der Waals surface area contributed by atoms with E-state index in [9.17, 15) is 19.8 Å². The molecule has 3 aromatic carbocycles. The Balaban J connectivity index is 1.82. The number of aromatic hydroxyl groups is 1. The van der Waals surface area contributed by atoms with Gasteiger partial charge in [-0.25, -0.2) is 0 Å². The molecule has 0 aromatic heterocycles. The maximum Gasteiger partial charge on any atom is 0.295 e. The van der Waals surface area contributed by atoms with E-state index >= 15 is 0 Å². The summed E-state index contributed by atoms with van der Waals surface area (Å²) in [6.07, 6.45) is 0.575. The summed E-state index contributed by atoms with van der Waals surface area (Å²) in [4.78, 5) is 27.7. The number of rotatable bonds is 5. The van der Waals surface area contributed by atoms with Crippen LogP contribution >= 0.6 is 0 Å². The third-order valence-electron chi connectivity index (χ3n) is 5.88. The summed E-state index contributed by atoms with van der Waals surface area (Å²) in [5.41, 5.74) is 4.07. The monoisotopic (exact) mass is 427 g/mol. The Bertz CT molecular complexity index is 1200. The van der Waals surface area contributed by atoms with E-state index < -0.39 is 17.7 Å². The van der Waals surface area contributed by atoms with Crippen LogP contribution < -0.4 is 0 Å². The first kappa shape index (κ1) is 21.4. The van der Waals surface area contributed by atoms with Crippen molar-refractivity contribution in [3.8, 4) is 5.75 Å². The van der Waals surface area contributed by atoms with E-state index in [1.54, 1.807) is 12.1 Å². The quantitative estimate of drug-likeness (QED) is 0.352. The number of nitrogens with zero attached hydrogens (tertiary/aromatic N) is 1. The minimum Gasteiger partial charge on any atom is -0.508 e. The number of Topliss-reactive ketones (excluding diaryl/α,β-unsaturated/α-hetero) is 1. The van der Waals surface area contributed by atoms with Gasteiger partial charge in [0.05, 0.1) is 11.6 Å². The number of hydrogen-bond acceptors (Lipinski definition) is 4. The predicted octanol–water partition coefficient (Wildman–Crippen LogP) is 4.67. The fraction of sp³-hybridized carbons (Fsp3) is 0.185. The molecule has 1 heterocycles. The average molecular weight is 428 g/mol. The molecule has 0 aliphatic carbocycles. The van der Waals surface area contributed by atoms with Crippen molar-refractivity contribution in [2.24, 2.45) is 0 Å². The van der Waals surface area contributed by atoms with Crippen LogP contribution in [0, 0.1) is 13.8 Å². The molecule has 0 radical (unpaired) electrons. The van der Waals surface area contributed by atoms with Crippen molar-refractivity contribution in [1.82, 2.24) is 4.90 Å². The van der Waals surface area contributed by atoms with Gasteiger partial charge in [0, 0.05) is 12.1 Å². The van der Waals surface area contributed by atoms with Crippen molar-refractivity contribution in [3.63, 3.8) is 0 Å². The topological polar surface area (TPSA) is 77.8 Å². The minimum absolute atomic E-state index is 0.0717. The number of phenols is 1. The molecule has 0 saturated carbocycles. The molecule has 2 N–H and O–H groups in total. The Morgan fingerprint density at radius 3 is 2.31 bits per heavy atom. The number of aliphatic hydroxyl groups is 1. The van der Waals surface area contributed by atoms with E-state index in [4.69, 9.17) is 0 Å². The highest BCUT2D eigenvalue weighted by Crippen LogP contribution is 2.40. The molecule has 5 heteroatoms. The molecule has 1 saturated heterocycles. The molecule has 1 amide bonds. The van der Waals surface area contributed by atoms with Gasteiger partial charge in [0.25, 0.3) is 11.7 Å². The molecule has 32 heavy (non-hydrogen) atoms. The number of hydrogen-bond donors (Lipinski definition) is 2. The summed E-state index contributed by atoms with van der Waals surface area (Å²) in [5, 5.41) is 21.0. The zero-order valence-corrected chi connectivity index (χ0v) is 18.1. The van der Waals surface area contributed by atoms with E-state index in [1.165, 1.54) is 17.0 Å². The number of amides is 1. The van der Waals surface area contributed by atoms with Crippen LogP contribution in [0.25, 0.3) is 5.76 Å². The van der Waals surface area contributed by atoms with Gasteiger partial charge >= 0.3 is 0 Å². The number of likely N-dealkylation sites (tertiary alicyclic amines) is 1. The van der Waals surface area contributed by atoms with E-state index in [0.717, 1.165) is 16.7 Å². The second-order valence-electron chi connectivity index (χ2n) is 8.14. The van der Waals surface area contributed by atoms with Gasteiger partial charge in [-0.1, -0.05) is 60.2 Å². The Labute approximate surface area is 187 Å².